The molecule has 2 atom stereocenters. The summed E-state index contributed by atoms with van der Waals surface area (Å²) in [7, 11) is 0. The van der Waals surface area contributed by atoms with E-state index >= 15 is 0 Å². The number of hydrogen-bond acceptors (Lipinski definition) is 3. The Morgan fingerprint density at radius 2 is 1.71 bits per heavy atom. The normalized spacial score (nSPS) is 13.5. The second-order valence-corrected chi connectivity index (χ2v) is 5.13. The summed E-state index contributed by atoms with van der Waals surface area (Å²) < 4.78 is 5.46. The summed E-state index contributed by atoms with van der Waals surface area (Å²) in [6.45, 7) is 6.54. The number of para-hydroxylation sites is 1. The topological polar surface area (TPSA) is 41.5 Å². The predicted molar refractivity (Wildman–Crippen MR) is 86.7 cm³/mol. The van der Waals surface area contributed by atoms with Crippen LogP contribution >= 0.6 is 0 Å². The molecule has 2 aromatic rings. The molecular formula is C18H23NO2. The van der Waals surface area contributed by atoms with Crippen LogP contribution in [0.2, 0.25) is 0 Å². The van der Waals surface area contributed by atoms with Crippen molar-refractivity contribution in [1.29, 1.82) is 0 Å². The lowest BCUT2D eigenvalue weighted by Gasteiger charge is -2.20. The zero-order chi connectivity index (χ0) is 15.2. The van der Waals surface area contributed by atoms with Gasteiger partial charge in [0.25, 0.3) is 0 Å². The van der Waals surface area contributed by atoms with Gasteiger partial charge in [-0.05, 0) is 44.5 Å². The fourth-order valence-electron chi connectivity index (χ4n) is 2.33. The second-order valence-electron chi connectivity index (χ2n) is 5.13. The first-order chi connectivity index (χ1) is 10.1. The average molecular weight is 285 g/mol. The number of benzene rings is 2. The van der Waals surface area contributed by atoms with Gasteiger partial charge < -0.3 is 15.2 Å². The lowest BCUT2D eigenvalue weighted by atomic mass is 10.0. The van der Waals surface area contributed by atoms with Gasteiger partial charge >= 0.3 is 0 Å². The second kappa shape index (κ2) is 7.14. The molecule has 3 nitrogen and oxygen atoms in total. The van der Waals surface area contributed by atoms with Crippen molar-refractivity contribution >= 4 is 5.69 Å². The molecule has 112 valence electrons. The maximum absolute atomic E-state index is 9.83. The smallest absolute Gasteiger partial charge is 0.119 e. The van der Waals surface area contributed by atoms with Crippen LogP contribution < -0.4 is 10.1 Å². The van der Waals surface area contributed by atoms with Gasteiger partial charge in [0.2, 0.25) is 0 Å². The molecule has 0 heterocycles. The van der Waals surface area contributed by atoms with Crippen molar-refractivity contribution in [2.75, 3.05) is 11.9 Å². The molecular weight excluding hydrogens is 262 g/mol. The Balaban J connectivity index is 2.12. The zero-order valence-corrected chi connectivity index (χ0v) is 12.8. The van der Waals surface area contributed by atoms with E-state index in [0.29, 0.717) is 6.61 Å². The van der Waals surface area contributed by atoms with Gasteiger partial charge in [-0.3, -0.25) is 0 Å². The lowest BCUT2D eigenvalue weighted by molar-refractivity contribution is 0.200. The van der Waals surface area contributed by atoms with Gasteiger partial charge in [-0.15, -0.1) is 0 Å². The van der Waals surface area contributed by atoms with E-state index in [1.165, 1.54) is 5.56 Å². The van der Waals surface area contributed by atoms with Crippen LogP contribution in [0.1, 0.15) is 44.0 Å². The first-order valence-electron chi connectivity index (χ1n) is 7.38. The Hall–Kier alpha value is -2.00. The van der Waals surface area contributed by atoms with Crippen LogP contribution in [0.4, 0.5) is 5.69 Å². The van der Waals surface area contributed by atoms with E-state index in [1.54, 1.807) is 6.92 Å². The Morgan fingerprint density at radius 3 is 2.33 bits per heavy atom. The molecule has 0 spiro atoms. The Bertz CT molecular complexity index is 564. The monoisotopic (exact) mass is 285 g/mol. The van der Waals surface area contributed by atoms with Crippen LogP contribution in [-0.4, -0.2) is 11.7 Å². The van der Waals surface area contributed by atoms with Gasteiger partial charge in [0.15, 0.2) is 0 Å². The molecule has 0 radical (unpaired) electrons. The minimum atomic E-state index is -0.485. The van der Waals surface area contributed by atoms with Gasteiger partial charge in [-0.1, -0.05) is 30.3 Å². The third-order valence-electron chi connectivity index (χ3n) is 3.47. The van der Waals surface area contributed by atoms with Crippen molar-refractivity contribution in [3.63, 3.8) is 0 Å². The standard InChI is InChI=1S/C18H23NO2/c1-4-21-16-11-9-15(10-12-16)13(2)19-18-8-6-5-7-17(18)14(3)20/h5-14,19-20H,4H2,1-3H3. The number of rotatable bonds is 6. The number of ether oxygens (including phenoxy) is 1. The zero-order valence-electron chi connectivity index (χ0n) is 12.8. The van der Waals surface area contributed by atoms with Gasteiger partial charge in [-0.2, -0.15) is 0 Å². The van der Waals surface area contributed by atoms with Gasteiger partial charge in [-0.25, -0.2) is 0 Å². The van der Waals surface area contributed by atoms with Crippen molar-refractivity contribution in [3.05, 3.63) is 59.7 Å². The van der Waals surface area contributed by atoms with E-state index in [2.05, 4.69) is 24.4 Å². The van der Waals surface area contributed by atoms with E-state index in [4.69, 9.17) is 4.74 Å². The van der Waals surface area contributed by atoms with E-state index in [1.807, 2.05) is 43.3 Å². The summed E-state index contributed by atoms with van der Waals surface area (Å²) in [4.78, 5) is 0. The minimum absolute atomic E-state index is 0.153. The third-order valence-corrected chi connectivity index (χ3v) is 3.47. The molecule has 0 saturated carbocycles. The summed E-state index contributed by atoms with van der Waals surface area (Å²) in [6.07, 6.45) is -0.485. The van der Waals surface area contributed by atoms with Crippen LogP contribution in [-0.2, 0) is 0 Å². The largest absolute Gasteiger partial charge is 0.494 e. The molecule has 0 aliphatic heterocycles. The molecule has 0 saturated heterocycles. The highest BCUT2D eigenvalue weighted by molar-refractivity contribution is 5.53. The fourth-order valence-corrected chi connectivity index (χ4v) is 2.33. The Morgan fingerprint density at radius 1 is 1.05 bits per heavy atom. The SMILES string of the molecule is CCOc1ccc(C(C)Nc2ccccc2C(C)O)cc1. The van der Waals surface area contributed by atoms with E-state index < -0.39 is 6.10 Å². The van der Waals surface area contributed by atoms with Crippen molar-refractivity contribution in [2.45, 2.75) is 32.9 Å². The maximum Gasteiger partial charge on any atom is 0.119 e. The summed E-state index contributed by atoms with van der Waals surface area (Å²) in [5, 5.41) is 13.3. The molecule has 2 unspecified atom stereocenters. The minimum Gasteiger partial charge on any atom is -0.494 e. The summed E-state index contributed by atoms with van der Waals surface area (Å²) in [5.41, 5.74) is 3.06. The van der Waals surface area contributed by atoms with Crippen LogP contribution in [0.3, 0.4) is 0 Å². The van der Waals surface area contributed by atoms with Gasteiger partial charge in [0.05, 0.1) is 12.7 Å². The lowest BCUT2D eigenvalue weighted by Crippen LogP contribution is -2.09. The molecule has 21 heavy (non-hydrogen) atoms. The van der Waals surface area contributed by atoms with Gasteiger partial charge in [0, 0.05) is 17.3 Å². The fraction of sp³-hybridized carbons (Fsp3) is 0.333. The van der Waals surface area contributed by atoms with Crippen molar-refractivity contribution in [2.24, 2.45) is 0 Å². The van der Waals surface area contributed by atoms with Crippen LogP contribution in [0.15, 0.2) is 48.5 Å². The van der Waals surface area contributed by atoms with E-state index in [0.717, 1.165) is 17.0 Å². The quantitative estimate of drug-likeness (QED) is 0.831. The molecule has 0 fully saturated rings. The Kier molecular flexibility index (Phi) is 5.23. The highest BCUT2D eigenvalue weighted by atomic mass is 16.5. The number of anilines is 1. The number of hydrogen-bond donors (Lipinski definition) is 2. The molecule has 0 aliphatic carbocycles. The number of aliphatic hydroxyl groups excluding tert-OH is 1. The van der Waals surface area contributed by atoms with E-state index in [9.17, 15) is 5.11 Å². The van der Waals surface area contributed by atoms with Crippen LogP contribution in [0, 0.1) is 0 Å². The van der Waals surface area contributed by atoms with Crippen molar-refractivity contribution < 1.29 is 9.84 Å². The molecule has 2 N–H and O–H groups in total. The molecule has 0 amide bonds. The predicted octanol–water partition coefficient (Wildman–Crippen LogP) is 4.31. The van der Waals surface area contributed by atoms with E-state index in [-0.39, 0.29) is 6.04 Å². The number of nitrogens with one attached hydrogen (secondary N) is 1. The Labute approximate surface area is 126 Å². The summed E-state index contributed by atoms with van der Waals surface area (Å²) in [6, 6.07) is 16.1. The van der Waals surface area contributed by atoms with Gasteiger partial charge in [0.1, 0.15) is 5.75 Å². The maximum atomic E-state index is 9.83. The molecule has 0 bridgehead atoms. The number of aliphatic hydroxyl groups is 1. The molecule has 3 heteroatoms. The van der Waals surface area contributed by atoms with Crippen molar-refractivity contribution in [1.82, 2.24) is 0 Å². The highest BCUT2D eigenvalue weighted by Crippen LogP contribution is 2.27. The highest BCUT2D eigenvalue weighted by Gasteiger charge is 2.11. The van der Waals surface area contributed by atoms with Crippen LogP contribution in [0.5, 0.6) is 5.75 Å². The van der Waals surface area contributed by atoms with Crippen molar-refractivity contribution in [3.8, 4) is 5.75 Å². The average Bonchev–Trinajstić information content (AvgIpc) is 2.48. The molecule has 2 aromatic carbocycles. The summed E-state index contributed by atoms with van der Waals surface area (Å²) >= 11 is 0. The third kappa shape index (κ3) is 3.99. The summed E-state index contributed by atoms with van der Waals surface area (Å²) in [5.74, 6) is 0.887. The first-order valence-corrected chi connectivity index (χ1v) is 7.38. The first kappa shape index (κ1) is 15.4. The van der Waals surface area contributed by atoms with Crippen LogP contribution in [0.25, 0.3) is 0 Å². The molecule has 0 aliphatic rings. The molecule has 0 aromatic heterocycles. The molecule has 2 rings (SSSR count).